The number of methoxy groups -OCH3 is 1. The molecule has 0 saturated carbocycles. The molecule has 0 fully saturated rings. The zero-order chi connectivity index (χ0) is 10.7. The molecule has 0 aliphatic heterocycles. The summed E-state index contributed by atoms with van der Waals surface area (Å²) in [5, 5.41) is 0.691. The van der Waals surface area contributed by atoms with Crippen molar-refractivity contribution >= 4 is 29.2 Å². The predicted molar refractivity (Wildman–Crippen MR) is 57.0 cm³/mol. The van der Waals surface area contributed by atoms with Crippen molar-refractivity contribution in [3.8, 4) is 5.88 Å². The molecule has 0 bridgehead atoms. The van der Waals surface area contributed by atoms with E-state index in [1.54, 1.807) is 6.07 Å². The summed E-state index contributed by atoms with van der Waals surface area (Å²) in [6.07, 6.45) is 1.49. The van der Waals surface area contributed by atoms with Crippen molar-refractivity contribution < 1.29 is 4.74 Å². The second-order valence-electron chi connectivity index (χ2n) is 2.42. The van der Waals surface area contributed by atoms with Gasteiger partial charge in [-0.3, -0.25) is 0 Å². The molecule has 0 unspecified atom stereocenters. The Balaban J connectivity index is 2.24. The Labute approximate surface area is 94.1 Å². The van der Waals surface area contributed by atoms with Crippen molar-refractivity contribution in [1.29, 1.82) is 0 Å². The smallest absolute Gasteiger partial charge is 0.224 e. The van der Waals surface area contributed by atoms with Crippen LogP contribution in [0.4, 0.5) is 5.95 Å². The highest BCUT2D eigenvalue weighted by Crippen LogP contribution is 2.28. The summed E-state index contributed by atoms with van der Waals surface area (Å²) in [5.74, 6) is 0.621. The number of nitrogens with two attached hydrogens (primary N) is 1. The predicted octanol–water partition coefficient (Wildman–Crippen LogP) is 1.07. The van der Waals surface area contributed by atoms with Crippen LogP contribution in [-0.4, -0.2) is 26.4 Å². The van der Waals surface area contributed by atoms with E-state index in [9.17, 15) is 0 Å². The maximum atomic E-state index is 5.52. The lowest BCUT2D eigenvalue weighted by Gasteiger charge is -2.01. The van der Waals surface area contributed by atoms with Gasteiger partial charge in [0.15, 0.2) is 4.34 Å². The summed E-state index contributed by atoms with van der Waals surface area (Å²) < 4.78 is 9.67. The van der Waals surface area contributed by atoms with E-state index in [2.05, 4.69) is 19.3 Å². The third-order valence-corrected chi connectivity index (χ3v) is 3.07. The third kappa shape index (κ3) is 2.54. The Morgan fingerprint density at radius 2 is 2.33 bits per heavy atom. The van der Waals surface area contributed by atoms with Crippen LogP contribution in [0.3, 0.4) is 0 Å². The van der Waals surface area contributed by atoms with Crippen molar-refractivity contribution in [3.05, 3.63) is 12.4 Å². The van der Waals surface area contributed by atoms with Gasteiger partial charge in [-0.1, -0.05) is 0 Å². The number of aromatic nitrogens is 4. The molecule has 2 heterocycles. The normalized spacial score (nSPS) is 10.2. The maximum Gasteiger partial charge on any atom is 0.224 e. The lowest BCUT2D eigenvalue weighted by molar-refractivity contribution is 0.396. The second-order valence-corrected chi connectivity index (χ2v) is 4.46. The minimum Gasteiger partial charge on any atom is -0.481 e. The minimum absolute atomic E-state index is 0.182. The van der Waals surface area contributed by atoms with Gasteiger partial charge < -0.3 is 10.5 Å². The molecule has 0 radical (unpaired) electrons. The number of nitrogen functional groups attached to an aromatic ring is 1. The molecule has 2 N–H and O–H groups in total. The van der Waals surface area contributed by atoms with E-state index < -0.39 is 0 Å². The minimum atomic E-state index is 0.182. The molecule has 78 valence electrons. The van der Waals surface area contributed by atoms with Crippen molar-refractivity contribution in [3.63, 3.8) is 0 Å². The maximum absolute atomic E-state index is 5.52. The van der Waals surface area contributed by atoms with Gasteiger partial charge in [-0.2, -0.15) is 9.36 Å². The van der Waals surface area contributed by atoms with Crippen LogP contribution < -0.4 is 10.5 Å². The monoisotopic (exact) mass is 241 g/mol. The lowest BCUT2D eigenvalue weighted by Crippen LogP contribution is -1.98. The van der Waals surface area contributed by atoms with E-state index in [4.69, 9.17) is 10.5 Å². The van der Waals surface area contributed by atoms with Crippen LogP contribution in [0, 0.1) is 0 Å². The number of anilines is 1. The summed E-state index contributed by atoms with van der Waals surface area (Å²) in [6.45, 7) is 0. The number of hydrogen-bond donors (Lipinski definition) is 1. The number of ether oxygens (including phenoxy) is 1. The fourth-order valence-electron chi connectivity index (χ4n) is 0.875. The number of nitrogens with zero attached hydrogens (tertiary/aromatic N) is 4. The zero-order valence-corrected chi connectivity index (χ0v) is 9.38. The van der Waals surface area contributed by atoms with Crippen LogP contribution in [0.25, 0.3) is 0 Å². The van der Waals surface area contributed by atoms with Gasteiger partial charge in [-0.15, -0.1) is 0 Å². The molecular weight excluding hydrogens is 234 g/mol. The van der Waals surface area contributed by atoms with Crippen LogP contribution in [0.15, 0.2) is 21.8 Å². The molecule has 6 nitrogen and oxygen atoms in total. The van der Waals surface area contributed by atoms with E-state index in [0.29, 0.717) is 10.9 Å². The number of rotatable bonds is 3. The van der Waals surface area contributed by atoms with Crippen molar-refractivity contribution in [2.75, 3.05) is 12.8 Å². The average Bonchev–Trinajstić information content (AvgIpc) is 2.69. The van der Waals surface area contributed by atoms with Gasteiger partial charge in [0.2, 0.25) is 11.8 Å². The largest absolute Gasteiger partial charge is 0.481 e. The Morgan fingerprint density at radius 3 is 3.00 bits per heavy atom. The summed E-state index contributed by atoms with van der Waals surface area (Å²) in [5.41, 5.74) is 5.52. The van der Waals surface area contributed by atoms with Gasteiger partial charge >= 0.3 is 0 Å². The van der Waals surface area contributed by atoms with E-state index in [1.807, 2.05) is 0 Å². The topological polar surface area (TPSA) is 86.8 Å². The van der Waals surface area contributed by atoms with Gasteiger partial charge in [0.05, 0.1) is 7.11 Å². The molecule has 15 heavy (non-hydrogen) atoms. The summed E-state index contributed by atoms with van der Waals surface area (Å²) >= 11 is 2.67. The van der Waals surface area contributed by atoms with Gasteiger partial charge in [0.1, 0.15) is 11.4 Å². The molecule has 2 aromatic rings. The van der Waals surface area contributed by atoms with Gasteiger partial charge in [-0.25, -0.2) is 9.97 Å². The van der Waals surface area contributed by atoms with Crippen molar-refractivity contribution in [2.45, 2.75) is 9.37 Å². The molecule has 0 aromatic carbocycles. The Hall–Kier alpha value is -1.41. The molecule has 2 rings (SSSR count). The van der Waals surface area contributed by atoms with E-state index >= 15 is 0 Å². The summed E-state index contributed by atoms with van der Waals surface area (Å²) in [6, 6.07) is 1.70. The fraction of sp³-hybridized carbons (Fsp3) is 0.143. The van der Waals surface area contributed by atoms with Crippen LogP contribution in [-0.2, 0) is 0 Å². The molecular formula is C7H7N5OS2. The molecule has 0 amide bonds. The van der Waals surface area contributed by atoms with Gasteiger partial charge in [0, 0.05) is 6.07 Å². The van der Waals surface area contributed by atoms with Crippen molar-refractivity contribution in [2.24, 2.45) is 0 Å². The van der Waals surface area contributed by atoms with E-state index in [1.165, 1.54) is 36.7 Å². The highest BCUT2D eigenvalue weighted by Gasteiger charge is 2.06. The van der Waals surface area contributed by atoms with Crippen molar-refractivity contribution in [1.82, 2.24) is 19.3 Å². The SMILES string of the molecule is COc1cc(Sc2ncns2)nc(N)n1. The van der Waals surface area contributed by atoms with E-state index in [0.717, 1.165) is 4.34 Å². The summed E-state index contributed by atoms with van der Waals surface area (Å²) in [4.78, 5) is 12.0. The fourth-order valence-corrected chi connectivity index (χ4v) is 2.27. The first-order chi connectivity index (χ1) is 7.28. The molecule has 0 atom stereocenters. The van der Waals surface area contributed by atoms with Gasteiger partial charge in [0.25, 0.3) is 0 Å². The molecule has 0 aliphatic rings. The lowest BCUT2D eigenvalue weighted by atomic mass is 10.6. The molecule has 8 heteroatoms. The van der Waals surface area contributed by atoms with Crippen LogP contribution >= 0.6 is 23.3 Å². The van der Waals surface area contributed by atoms with Crippen LogP contribution in [0.5, 0.6) is 5.88 Å². The zero-order valence-electron chi connectivity index (χ0n) is 7.75. The molecule has 2 aromatic heterocycles. The highest BCUT2D eigenvalue weighted by molar-refractivity contribution is 8.00. The second kappa shape index (κ2) is 4.41. The first-order valence-electron chi connectivity index (χ1n) is 3.91. The van der Waals surface area contributed by atoms with E-state index in [-0.39, 0.29) is 5.95 Å². The van der Waals surface area contributed by atoms with Gasteiger partial charge in [-0.05, 0) is 23.3 Å². The molecule has 0 saturated heterocycles. The third-order valence-electron chi connectivity index (χ3n) is 1.44. The first-order valence-corrected chi connectivity index (χ1v) is 5.50. The Bertz CT molecular complexity index is 447. The highest BCUT2D eigenvalue weighted by atomic mass is 32.2. The summed E-state index contributed by atoms with van der Waals surface area (Å²) in [7, 11) is 1.53. The molecule has 0 spiro atoms. The molecule has 0 aliphatic carbocycles. The Kier molecular flexibility index (Phi) is 2.97. The van der Waals surface area contributed by atoms with Crippen LogP contribution in [0.1, 0.15) is 0 Å². The standard InChI is InChI=1S/C7H7N5OS2/c1-13-4-2-5(12-6(8)11-4)14-7-9-3-10-15-7/h2-3H,1H3,(H2,8,11,12). The first kappa shape index (κ1) is 10.1. The average molecular weight is 241 g/mol. The number of hydrogen-bond acceptors (Lipinski definition) is 8. The Morgan fingerprint density at radius 1 is 1.47 bits per heavy atom. The van der Waals surface area contributed by atoms with Crippen LogP contribution in [0.2, 0.25) is 0 Å². The quantitative estimate of drug-likeness (QED) is 0.804.